The molecule has 2 atom stereocenters. The Morgan fingerprint density at radius 1 is 0.978 bits per heavy atom. The zero-order chi connectivity index (χ0) is 32.0. The Labute approximate surface area is 266 Å². The summed E-state index contributed by atoms with van der Waals surface area (Å²) in [5.74, 6) is 0.788. The van der Waals surface area contributed by atoms with E-state index in [1.165, 1.54) is 35.7 Å². The zero-order valence-corrected chi connectivity index (χ0v) is 26.0. The number of aliphatic hydroxyl groups is 1. The Bertz CT molecular complexity index is 2000. The Balaban J connectivity index is 1.43. The van der Waals surface area contributed by atoms with Gasteiger partial charge in [0.05, 0.1) is 29.8 Å². The fourth-order valence-corrected chi connectivity index (χ4v) is 7.77. The van der Waals surface area contributed by atoms with E-state index >= 15 is 0 Å². The first-order valence-electron chi connectivity index (χ1n) is 13.8. The minimum atomic E-state index is -4.90. The van der Waals surface area contributed by atoms with Crippen molar-refractivity contribution in [3.8, 4) is 22.8 Å². The van der Waals surface area contributed by atoms with Crippen LogP contribution in [0.3, 0.4) is 0 Å². The lowest BCUT2D eigenvalue weighted by molar-refractivity contribution is -0.258. The van der Waals surface area contributed by atoms with E-state index in [0.29, 0.717) is 69.2 Å². The van der Waals surface area contributed by atoms with Crippen molar-refractivity contribution in [1.29, 1.82) is 0 Å². The molecule has 1 aliphatic rings. The van der Waals surface area contributed by atoms with Crippen molar-refractivity contribution in [2.24, 2.45) is 0 Å². The van der Waals surface area contributed by atoms with E-state index < -0.39 is 27.8 Å². The number of thiophene rings is 1. The summed E-state index contributed by atoms with van der Waals surface area (Å²) in [7, 11) is -4.14. The van der Waals surface area contributed by atoms with E-state index in [1.54, 1.807) is 42.5 Å². The van der Waals surface area contributed by atoms with E-state index in [1.807, 2.05) is 12.1 Å². The first kappa shape index (κ1) is 31.3. The highest BCUT2D eigenvalue weighted by molar-refractivity contribution is 7.89. The summed E-state index contributed by atoms with van der Waals surface area (Å²) >= 11 is 7.84. The van der Waals surface area contributed by atoms with Crippen LogP contribution in [0.25, 0.3) is 21.3 Å². The predicted octanol–water partition coefficient (Wildman–Crippen LogP) is 7.62. The Kier molecular flexibility index (Phi) is 8.29. The van der Waals surface area contributed by atoms with Gasteiger partial charge in [0.1, 0.15) is 0 Å². The van der Waals surface area contributed by atoms with Gasteiger partial charge in [-0.3, -0.25) is 4.98 Å². The predicted molar refractivity (Wildman–Crippen MR) is 166 cm³/mol. The van der Waals surface area contributed by atoms with Crippen LogP contribution in [0.5, 0.6) is 11.5 Å². The van der Waals surface area contributed by atoms with Gasteiger partial charge in [-0.25, -0.2) is 8.42 Å². The van der Waals surface area contributed by atoms with Crippen molar-refractivity contribution in [2.45, 2.75) is 36.1 Å². The largest absolute Gasteiger partial charge is 0.490 e. The number of aromatic nitrogens is 1. The summed E-state index contributed by atoms with van der Waals surface area (Å²) in [4.78, 5) is 4.86. The SMILES string of the molecule is CC(O)(c1ccnc(-c2cccc3cc([C@H](NS(=O)(=O)c4ccc5c(c4)OCCCO5)c4ccccc4Cl)sc23)c1)C(F)(F)F. The van der Waals surface area contributed by atoms with Crippen LogP contribution < -0.4 is 14.2 Å². The molecule has 45 heavy (non-hydrogen) atoms. The molecule has 6 rings (SSSR count). The van der Waals surface area contributed by atoms with Crippen LogP contribution in [-0.2, 0) is 15.6 Å². The Hall–Kier alpha value is -3.68. The van der Waals surface area contributed by atoms with Gasteiger partial charge in [0, 0.05) is 38.8 Å². The van der Waals surface area contributed by atoms with Gasteiger partial charge in [-0.05, 0) is 59.8 Å². The maximum absolute atomic E-state index is 13.8. The van der Waals surface area contributed by atoms with Gasteiger partial charge in [-0.1, -0.05) is 48.0 Å². The number of ether oxygens (including phenoxy) is 2. The molecule has 0 aliphatic carbocycles. The standard InChI is InChI=1S/C32H26ClF3N2O5S2/c1-31(39,32(34,35)36)20-12-13-37-25(17-20)23-8-4-6-19-16-28(44-30(19)23)29(22-7-2-3-9-24(22)33)38-45(40,41)21-10-11-26-27(18-21)43-15-5-14-42-26/h2-4,6-13,16-18,29,38-39H,5,14-15H2,1H3/t29-,31?/m1/s1. The summed E-state index contributed by atoms with van der Waals surface area (Å²) in [6.45, 7) is 1.54. The normalized spacial score (nSPS) is 15.8. The highest BCUT2D eigenvalue weighted by atomic mass is 35.5. The van der Waals surface area contributed by atoms with Crippen molar-refractivity contribution in [1.82, 2.24) is 9.71 Å². The second-order valence-electron chi connectivity index (χ2n) is 10.6. The maximum atomic E-state index is 13.8. The average molecular weight is 675 g/mol. The molecule has 0 spiro atoms. The third kappa shape index (κ3) is 6.12. The number of benzene rings is 3. The van der Waals surface area contributed by atoms with E-state index in [4.69, 9.17) is 21.1 Å². The van der Waals surface area contributed by atoms with Crippen LogP contribution in [0.2, 0.25) is 5.02 Å². The number of halogens is 4. The van der Waals surface area contributed by atoms with Gasteiger partial charge in [0.25, 0.3) is 0 Å². The fourth-order valence-electron chi connectivity index (χ4n) is 4.99. The average Bonchev–Trinajstić information content (AvgIpc) is 3.30. The minimum absolute atomic E-state index is 0.0247. The second kappa shape index (κ2) is 11.9. The van der Waals surface area contributed by atoms with Crippen LogP contribution in [-0.4, -0.2) is 37.9 Å². The first-order valence-corrected chi connectivity index (χ1v) is 16.5. The van der Waals surface area contributed by atoms with Gasteiger partial charge < -0.3 is 14.6 Å². The third-order valence-corrected chi connectivity index (χ3v) is 10.5. The molecule has 234 valence electrons. The second-order valence-corrected chi connectivity index (χ2v) is 13.8. The number of alkyl halides is 3. The smallest absolute Gasteiger partial charge is 0.421 e. The van der Waals surface area contributed by atoms with Gasteiger partial charge in [-0.15, -0.1) is 11.3 Å². The third-order valence-electron chi connectivity index (χ3n) is 7.52. The molecule has 7 nitrogen and oxygen atoms in total. The fraction of sp³-hybridized carbons (Fsp3) is 0.219. The number of sulfonamides is 1. The maximum Gasteiger partial charge on any atom is 0.421 e. The lowest BCUT2D eigenvalue weighted by atomic mass is 9.94. The Morgan fingerprint density at radius 3 is 2.49 bits per heavy atom. The van der Waals surface area contributed by atoms with Crippen molar-refractivity contribution in [2.75, 3.05) is 13.2 Å². The quantitative estimate of drug-likeness (QED) is 0.184. The molecule has 0 radical (unpaired) electrons. The molecule has 0 saturated heterocycles. The first-order chi connectivity index (χ1) is 21.3. The van der Waals surface area contributed by atoms with Crippen LogP contribution in [0.15, 0.2) is 90.0 Å². The van der Waals surface area contributed by atoms with E-state index in [0.717, 1.165) is 6.07 Å². The number of fused-ring (bicyclic) bond motifs is 2. The molecule has 2 aromatic heterocycles. The zero-order valence-electron chi connectivity index (χ0n) is 23.6. The topological polar surface area (TPSA) is 97.8 Å². The molecule has 0 saturated carbocycles. The van der Waals surface area contributed by atoms with E-state index in [2.05, 4.69) is 9.71 Å². The summed E-state index contributed by atoms with van der Waals surface area (Å²) in [5.41, 5.74) is -2.19. The summed E-state index contributed by atoms with van der Waals surface area (Å²) in [6, 6.07) is 19.8. The number of nitrogens with one attached hydrogen (secondary N) is 1. The van der Waals surface area contributed by atoms with Gasteiger partial charge in [-0.2, -0.15) is 17.9 Å². The highest BCUT2D eigenvalue weighted by Gasteiger charge is 2.51. The molecule has 0 bridgehead atoms. The molecule has 13 heteroatoms. The molecule has 2 N–H and O–H groups in total. The van der Waals surface area contributed by atoms with Crippen molar-refractivity contribution < 1.29 is 36.2 Å². The summed E-state index contributed by atoms with van der Waals surface area (Å²) < 4.78 is 83.2. The molecule has 1 unspecified atom stereocenters. The van der Waals surface area contributed by atoms with Crippen LogP contribution >= 0.6 is 22.9 Å². The van der Waals surface area contributed by atoms with Crippen LogP contribution in [0.4, 0.5) is 13.2 Å². The molecular formula is C32H26ClF3N2O5S2. The minimum Gasteiger partial charge on any atom is -0.490 e. The molecule has 1 aliphatic heterocycles. The van der Waals surface area contributed by atoms with Gasteiger partial charge in [0.2, 0.25) is 10.0 Å². The molecular weight excluding hydrogens is 649 g/mol. The molecule has 3 heterocycles. The number of hydrogen-bond donors (Lipinski definition) is 2. The monoisotopic (exact) mass is 674 g/mol. The summed E-state index contributed by atoms with van der Waals surface area (Å²) in [5, 5.41) is 11.3. The van der Waals surface area contributed by atoms with E-state index in [-0.39, 0.29) is 16.2 Å². The van der Waals surface area contributed by atoms with Gasteiger partial charge >= 0.3 is 6.18 Å². The summed E-state index contributed by atoms with van der Waals surface area (Å²) in [6.07, 6.45) is -3.02. The number of rotatable bonds is 7. The van der Waals surface area contributed by atoms with Crippen LogP contribution in [0, 0.1) is 0 Å². The number of pyridine rings is 1. The van der Waals surface area contributed by atoms with Crippen molar-refractivity contribution >= 4 is 43.0 Å². The molecule has 3 aromatic carbocycles. The molecule has 0 fully saturated rings. The Morgan fingerprint density at radius 2 is 1.73 bits per heavy atom. The van der Waals surface area contributed by atoms with Crippen molar-refractivity contribution in [3.63, 3.8) is 0 Å². The number of hydrogen-bond acceptors (Lipinski definition) is 7. The lowest BCUT2D eigenvalue weighted by Gasteiger charge is -2.26. The lowest BCUT2D eigenvalue weighted by Crippen LogP contribution is -2.39. The highest BCUT2D eigenvalue weighted by Crippen LogP contribution is 2.43. The molecule has 0 amide bonds. The van der Waals surface area contributed by atoms with E-state index in [9.17, 15) is 26.7 Å². The number of nitrogens with zero attached hydrogens (tertiary/aromatic N) is 1. The van der Waals surface area contributed by atoms with Crippen LogP contribution in [0.1, 0.15) is 35.4 Å². The van der Waals surface area contributed by atoms with Gasteiger partial charge in [0.15, 0.2) is 17.1 Å². The molecule has 5 aromatic rings. The van der Waals surface area contributed by atoms with Crippen molar-refractivity contribution in [3.05, 3.63) is 106 Å².